The Hall–Kier alpha value is -2.36. The molecule has 2 aromatic rings. The van der Waals surface area contributed by atoms with Crippen molar-refractivity contribution in [3.63, 3.8) is 0 Å². The summed E-state index contributed by atoms with van der Waals surface area (Å²) in [4.78, 5) is 11.7. The predicted molar refractivity (Wildman–Crippen MR) is 94.5 cm³/mol. The van der Waals surface area contributed by atoms with Gasteiger partial charge in [-0.1, -0.05) is 49.4 Å². The predicted octanol–water partition coefficient (Wildman–Crippen LogP) is 5.12. The molecule has 0 aliphatic rings. The number of rotatable bonds is 4. The molecule has 128 valence electrons. The van der Waals surface area contributed by atoms with Crippen LogP contribution in [0.15, 0.2) is 48.5 Å². The monoisotopic (exact) mass is 329 g/mol. The second-order valence-corrected chi connectivity index (χ2v) is 6.89. The van der Waals surface area contributed by atoms with Crippen LogP contribution in [0.25, 0.3) is 11.1 Å². The Kier molecular flexibility index (Phi) is 5.60. The van der Waals surface area contributed by atoms with Crippen LogP contribution in [0.3, 0.4) is 0 Å². The summed E-state index contributed by atoms with van der Waals surface area (Å²) in [6.07, 6.45) is -0.419. The summed E-state index contributed by atoms with van der Waals surface area (Å²) in [5.41, 5.74) is 1.99. The standard InChI is InChI=1S/C20H24FNO2/c1-14(13-22-19(23)24-20(2,3)4)15-9-11-16(12-10-15)17-7-5-6-8-18(17)21/h5-12,14H,13H2,1-4H3,(H,22,23). The topological polar surface area (TPSA) is 38.3 Å². The molecule has 1 amide bonds. The summed E-state index contributed by atoms with van der Waals surface area (Å²) in [6, 6.07) is 14.4. The molecule has 0 saturated carbocycles. The molecule has 1 N–H and O–H groups in total. The highest BCUT2D eigenvalue weighted by Crippen LogP contribution is 2.24. The second-order valence-electron chi connectivity index (χ2n) is 6.89. The highest BCUT2D eigenvalue weighted by atomic mass is 19.1. The van der Waals surface area contributed by atoms with Gasteiger partial charge < -0.3 is 10.1 Å². The Balaban J connectivity index is 1.98. The smallest absolute Gasteiger partial charge is 0.407 e. The van der Waals surface area contributed by atoms with E-state index in [2.05, 4.69) is 5.32 Å². The summed E-state index contributed by atoms with van der Waals surface area (Å²) < 4.78 is 19.0. The summed E-state index contributed by atoms with van der Waals surface area (Å²) in [5, 5.41) is 2.77. The minimum atomic E-state index is -0.505. The van der Waals surface area contributed by atoms with Gasteiger partial charge in [-0.3, -0.25) is 0 Å². The first-order valence-corrected chi connectivity index (χ1v) is 8.08. The van der Waals surface area contributed by atoms with Crippen LogP contribution in [0.4, 0.5) is 9.18 Å². The molecule has 0 aliphatic carbocycles. The molecule has 2 aromatic carbocycles. The molecule has 0 spiro atoms. The van der Waals surface area contributed by atoms with E-state index in [0.29, 0.717) is 12.1 Å². The first-order valence-electron chi connectivity index (χ1n) is 8.08. The molecule has 1 unspecified atom stereocenters. The fourth-order valence-electron chi connectivity index (χ4n) is 2.35. The van der Waals surface area contributed by atoms with Crippen LogP contribution in [-0.2, 0) is 4.74 Å². The van der Waals surface area contributed by atoms with Crippen molar-refractivity contribution in [2.24, 2.45) is 0 Å². The molecule has 0 aromatic heterocycles. The maximum atomic E-state index is 13.8. The summed E-state index contributed by atoms with van der Waals surface area (Å²) in [6.45, 7) is 8.00. The molecular weight excluding hydrogens is 305 g/mol. The van der Waals surface area contributed by atoms with E-state index in [0.717, 1.165) is 11.1 Å². The lowest BCUT2D eigenvalue weighted by atomic mass is 9.97. The number of amides is 1. The molecule has 3 nitrogen and oxygen atoms in total. The molecule has 0 heterocycles. The third-order valence-corrected chi connectivity index (χ3v) is 3.62. The SMILES string of the molecule is CC(CNC(=O)OC(C)(C)C)c1ccc(-c2ccccc2F)cc1. The highest BCUT2D eigenvalue weighted by Gasteiger charge is 2.16. The van der Waals surface area contributed by atoms with Crippen LogP contribution in [-0.4, -0.2) is 18.2 Å². The average molecular weight is 329 g/mol. The fraction of sp³-hybridized carbons (Fsp3) is 0.350. The normalized spacial score (nSPS) is 12.5. The fourth-order valence-corrected chi connectivity index (χ4v) is 2.35. The van der Waals surface area contributed by atoms with Gasteiger partial charge in [0.25, 0.3) is 0 Å². The van der Waals surface area contributed by atoms with Crippen LogP contribution >= 0.6 is 0 Å². The molecule has 0 bridgehead atoms. The van der Waals surface area contributed by atoms with Gasteiger partial charge >= 0.3 is 6.09 Å². The molecule has 2 rings (SSSR count). The van der Waals surface area contributed by atoms with Crippen molar-refractivity contribution >= 4 is 6.09 Å². The molecule has 4 heteroatoms. The van der Waals surface area contributed by atoms with Crippen molar-refractivity contribution in [3.05, 3.63) is 59.9 Å². The molecule has 0 fully saturated rings. The van der Waals surface area contributed by atoms with E-state index in [1.165, 1.54) is 6.07 Å². The number of hydrogen-bond donors (Lipinski definition) is 1. The third kappa shape index (κ3) is 5.08. The lowest BCUT2D eigenvalue weighted by Gasteiger charge is -2.21. The van der Waals surface area contributed by atoms with E-state index in [-0.39, 0.29) is 11.7 Å². The molecule has 24 heavy (non-hydrogen) atoms. The van der Waals surface area contributed by atoms with Gasteiger partial charge in [-0.25, -0.2) is 9.18 Å². The maximum Gasteiger partial charge on any atom is 0.407 e. The van der Waals surface area contributed by atoms with Crippen LogP contribution in [0.1, 0.15) is 39.2 Å². The molecule has 0 radical (unpaired) electrons. The van der Waals surface area contributed by atoms with E-state index >= 15 is 0 Å². The number of hydrogen-bond acceptors (Lipinski definition) is 2. The van der Waals surface area contributed by atoms with Crippen LogP contribution < -0.4 is 5.32 Å². The second kappa shape index (κ2) is 7.47. The van der Waals surface area contributed by atoms with Crippen molar-refractivity contribution in [1.29, 1.82) is 0 Å². The zero-order chi connectivity index (χ0) is 17.7. The van der Waals surface area contributed by atoms with Crippen LogP contribution in [0.2, 0.25) is 0 Å². The molecule has 0 aliphatic heterocycles. The average Bonchev–Trinajstić information content (AvgIpc) is 2.52. The van der Waals surface area contributed by atoms with Crippen molar-refractivity contribution < 1.29 is 13.9 Å². The molecule has 1 atom stereocenters. The lowest BCUT2D eigenvalue weighted by Crippen LogP contribution is -2.34. The van der Waals surface area contributed by atoms with Crippen molar-refractivity contribution in [2.45, 2.75) is 39.2 Å². The van der Waals surface area contributed by atoms with Gasteiger partial charge in [-0.2, -0.15) is 0 Å². The van der Waals surface area contributed by atoms with Gasteiger partial charge in [0.15, 0.2) is 0 Å². The third-order valence-electron chi connectivity index (χ3n) is 3.62. The maximum absolute atomic E-state index is 13.8. The first-order chi connectivity index (χ1) is 11.3. The van der Waals surface area contributed by atoms with Crippen LogP contribution in [0.5, 0.6) is 0 Å². The van der Waals surface area contributed by atoms with Gasteiger partial charge in [-0.15, -0.1) is 0 Å². The number of carbonyl (C=O) groups excluding carboxylic acids is 1. The number of ether oxygens (including phenoxy) is 1. The van der Waals surface area contributed by atoms with E-state index in [9.17, 15) is 9.18 Å². The summed E-state index contributed by atoms with van der Waals surface area (Å²) >= 11 is 0. The van der Waals surface area contributed by atoms with Gasteiger partial charge in [0.1, 0.15) is 11.4 Å². The minimum absolute atomic E-state index is 0.132. The largest absolute Gasteiger partial charge is 0.444 e. The zero-order valence-corrected chi connectivity index (χ0v) is 14.6. The number of benzene rings is 2. The highest BCUT2D eigenvalue weighted by molar-refractivity contribution is 5.68. The van der Waals surface area contributed by atoms with Crippen LogP contribution in [0, 0.1) is 5.82 Å². The Bertz CT molecular complexity index is 690. The van der Waals surface area contributed by atoms with E-state index < -0.39 is 11.7 Å². The Morgan fingerprint density at radius 3 is 2.33 bits per heavy atom. The number of nitrogens with one attached hydrogen (secondary N) is 1. The first kappa shape index (κ1) is 18.0. The Morgan fingerprint density at radius 2 is 1.75 bits per heavy atom. The lowest BCUT2D eigenvalue weighted by molar-refractivity contribution is 0.0525. The number of alkyl carbamates (subject to hydrolysis) is 1. The van der Waals surface area contributed by atoms with Gasteiger partial charge in [0.05, 0.1) is 0 Å². The van der Waals surface area contributed by atoms with E-state index in [1.54, 1.807) is 12.1 Å². The summed E-state index contributed by atoms with van der Waals surface area (Å²) in [5.74, 6) is -0.0999. The number of halogens is 1. The van der Waals surface area contributed by atoms with Gasteiger partial charge in [0, 0.05) is 12.1 Å². The zero-order valence-electron chi connectivity index (χ0n) is 14.6. The minimum Gasteiger partial charge on any atom is -0.444 e. The van der Waals surface area contributed by atoms with E-state index in [4.69, 9.17) is 4.74 Å². The molecule has 0 saturated heterocycles. The van der Waals surface area contributed by atoms with Gasteiger partial charge in [0.2, 0.25) is 0 Å². The molecular formula is C20H24FNO2. The Morgan fingerprint density at radius 1 is 1.12 bits per heavy atom. The summed E-state index contributed by atoms with van der Waals surface area (Å²) in [7, 11) is 0. The van der Waals surface area contributed by atoms with Gasteiger partial charge in [-0.05, 0) is 43.9 Å². The Labute approximate surface area is 142 Å². The van der Waals surface area contributed by atoms with Crippen molar-refractivity contribution in [3.8, 4) is 11.1 Å². The van der Waals surface area contributed by atoms with Crippen molar-refractivity contribution in [2.75, 3.05) is 6.54 Å². The quantitative estimate of drug-likeness (QED) is 0.845. The number of carbonyl (C=O) groups is 1. The van der Waals surface area contributed by atoms with E-state index in [1.807, 2.05) is 58.0 Å². The van der Waals surface area contributed by atoms with Crippen molar-refractivity contribution in [1.82, 2.24) is 5.32 Å².